The van der Waals surface area contributed by atoms with E-state index in [1.54, 1.807) is 6.07 Å². The highest BCUT2D eigenvalue weighted by Gasteiger charge is 2.20. The fourth-order valence-electron chi connectivity index (χ4n) is 2.23. The van der Waals surface area contributed by atoms with Gasteiger partial charge in [-0.3, -0.25) is 10.1 Å². The maximum Gasteiger partial charge on any atom is 0.289 e. The van der Waals surface area contributed by atoms with Gasteiger partial charge in [-0.15, -0.1) is 0 Å². The maximum absolute atomic E-state index is 10.9. The molecule has 1 aliphatic rings. The largest absolute Gasteiger partial charge is 0.371 e. The van der Waals surface area contributed by atoms with Crippen molar-refractivity contribution in [2.24, 2.45) is 5.92 Å². The van der Waals surface area contributed by atoms with Crippen LogP contribution in [0.15, 0.2) is 18.2 Å². The van der Waals surface area contributed by atoms with Crippen LogP contribution < -0.4 is 4.90 Å². The molecule has 0 N–H and O–H groups in total. The van der Waals surface area contributed by atoms with Gasteiger partial charge in [0.05, 0.1) is 4.92 Å². The predicted molar refractivity (Wildman–Crippen MR) is 68.4 cm³/mol. The number of benzene rings is 1. The molecule has 1 heterocycles. The van der Waals surface area contributed by atoms with Crippen molar-refractivity contribution in [1.29, 1.82) is 5.26 Å². The predicted octanol–water partition coefficient (Wildman–Crippen LogP) is 2.70. The standard InChI is InChI=1S/C13H15N3O2/c1-10-4-6-15(7-5-10)12-3-2-11(9-14)13(8-12)16(17)18/h2-3,8,10H,4-7H2,1H3. The minimum absolute atomic E-state index is 0.103. The van der Waals surface area contributed by atoms with Crippen LogP contribution in [0.2, 0.25) is 0 Å². The number of piperidine rings is 1. The van der Waals surface area contributed by atoms with Gasteiger partial charge in [0, 0.05) is 24.8 Å². The lowest BCUT2D eigenvalue weighted by Crippen LogP contribution is -2.32. The molecule has 0 aromatic heterocycles. The van der Waals surface area contributed by atoms with E-state index in [2.05, 4.69) is 11.8 Å². The summed E-state index contributed by atoms with van der Waals surface area (Å²) in [5.41, 5.74) is 0.857. The zero-order valence-corrected chi connectivity index (χ0v) is 10.3. The van der Waals surface area contributed by atoms with Crippen LogP contribution >= 0.6 is 0 Å². The Hall–Kier alpha value is -2.09. The molecule has 0 amide bonds. The molecule has 1 saturated heterocycles. The van der Waals surface area contributed by atoms with Crippen LogP contribution in [-0.4, -0.2) is 18.0 Å². The minimum atomic E-state index is -0.491. The first-order valence-corrected chi connectivity index (χ1v) is 6.05. The van der Waals surface area contributed by atoms with E-state index in [1.807, 2.05) is 6.07 Å². The number of hydrogen-bond acceptors (Lipinski definition) is 4. The molecule has 94 valence electrons. The van der Waals surface area contributed by atoms with Crippen LogP contribution in [0.1, 0.15) is 25.3 Å². The van der Waals surface area contributed by atoms with Gasteiger partial charge in [0.25, 0.3) is 5.69 Å². The Bertz CT molecular complexity index is 499. The van der Waals surface area contributed by atoms with Crippen LogP contribution in [0.4, 0.5) is 11.4 Å². The summed E-state index contributed by atoms with van der Waals surface area (Å²) in [6, 6.07) is 6.69. The van der Waals surface area contributed by atoms with E-state index in [1.165, 1.54) is 12.1 Å². The Labute approximate surface area is 106 Å². The number of nitriles is 1. The third kappa shape index (κ3) is 2.43. The van der Waals surface area contributed by atoms with E-state index in [-0.39, 0.29) is 11.3 Å². The number of anilines is 1. The highest BCUT2D eigenvalue weighted by atomic mass is 16.6. The van der Waals surface area contributed by atoms with Gasteiger partial charge in [-0.1, -0.05) is 6.92 Å². The molecule has 0 radical (unpaired) electrons. The van der Waals surface area contributed by atoms with Gasteiger partial charge in [-0.25, -0.2) is 0 Å². The molecule has 1 fully saturated rings. The van der Waals surface area contributed by atoms with Crippen molar-refractivity contribution >= 4 is 11.4 Å². The van der Waals surface area contributed by atoms with E-state index in [0.29, 0.717) is 0 Å². The zero-order valence-electron chi connectivity index (χ0n) is 10.3. The van der Waals surface area contributed by atoms with Crippen LogP contribution in [0.5, 0.6) is 0 Å². The summed E-state index contributed by atoms with van der Waals surface area (Å²) >= 11 is 0. The quantitative estimate of drug-likeness (QED) is 0.593. The molecule has 0 spiro atoms. The molecule has 18 heavy (non-hydrogen) atoms. The second kappa shape index (κ2) is 5.05. The molecule has 2 rings (SSSR count). The second-order valence-electron chi connectivity index (χ2n) is 4.74. The summed E-state index contributed by atoms with van der Waals surface area (Å²) < 4.78 is 0. The fraction of sp³-hybridized carbons (Fsp3) is 0.462. The minimum Gasteiger partial charge on any atom is -0.371 e. The summed E-state index contributed by atoms with van der Waals surface area (Å²) in [6.45, 7) is 4.06. The summed E-state index contributed by atoms with van der Waals surface area (Å²) in [5, 5.41) is 19.7. The lowest BCUT2D eigenvalue weighted by molar-refractivity contribution is -0.385. The summed E-state index contributed by atoms with van der Waals surface area (Å²) in [4.78, 5) is 12.6. The maximum atomic E-state index is 10.9. The first kappa shape index (κ1) is 12.4. The molecule has 1 aromatic rings. The topological polar surface area (TPSA) is 70.2 Å². The molecular formula is C13H15N3O2. The Kier molecular flexibility index (Phi) is 3.47. The second-order valence-corrected chi connectivity index (χ2v) is 4.74. The van der Waals surface area contributed by atoms with Gasteiger partial charge in [0.2, 0.25) is 0 Å². The van der Waals surface area contributed by atoms with Gasteiger partial charge < -0.3 is 4.90 Å². The van der Waals surface area contributed by atoms with E-state index in [9.17, 15) is 10.1 Å². The number of hydrogen-bond donors (Lipinski definition) is 0. The van der Waals surface area contributed by atoms with Crippen molar-refractivity contribution in [1.82, 2.24) is 0 Å². The third-order valence-corrected chi connectivity index (χ3v) is 3.45. The SMILES string of the molecule is CC1CCN(c2ccc(C#N)c([N+](=O)[O-])c2)CC1. The normalized spacial score (nSPS) is 16.3. The Morgan fingerprint density at radius 1 is 1.44 bits per heavy atom. The van der Waals surface area contributed by atoms with Crippen LogP contribution in [0.3, 0.4) is 0 Å². The molecule has 5 heteroatoms. The average Bonchev–Trinajstić information content (AvgIpc) is 2.39. The van der Waals surface area contributed by atoms with Gasteiger partial charge in [0.15, 0.2) is 0 Å². The van der Waals surface area contributed by atoms with Crippen LogP contribution in [0, 0.1) is 27.4 Å². The third-order valence-electron chi connectivity index (χ3n) is 3.45. The lowest BCUT2D eigenvalue weighted by atomic mass is 9.98. The van der Waals surface area contributed by atoms with Crippen molar-refractivity contribution in [3.8, 4) is 6.07 Å². The van der Waals surface area contributed by atoms with Crippen molar-refractivity contribution in [2.75, 3.05) is 18.0 Å². The molecule has 0 aliphatic carbocycles. The molecule has 1 aliphatic heterocycles. The molecule has 1 aromatic carbocycles. The molecule has 5 nitrogen and oxygen atoms in total. The highest BCUT2D eigenvalue weighted by Crippen LogP contribution is 2.28. The summed E-state index contributed by atoms with van der Waals surface area (Å²) in [7, 11) is 0. The Balaban J connectivity index is 2.27. The molecule has 0 bridgehead atoms. The van der Waals surface area contributed by atoms with Crippen molar-refractivity contribution in [2.45, 2.75) is 19.8 Å². The molecule has 0 unspecified atom stereocenters. The van der Waals surface area contributed by atoms with Crippen molar-refractivity contribution in [3.63, 3.8) is 0 Å². The smallest absolute Gasteiger partial charge is 0.289 e. The highest BCUT2D eigenvalue weighted by molar-refractivity contribution is 5.60. The summed E-state index contributed by atoms with van der Waals surface area (Å²) in [6.07, 6.45) is 2.21. The van der Waals surface area contributed by atoms with Gasteiger partial charge in [0.1, 0.15) is 11.6 Å². The first-order chi connectivity index (χ1) is 8.61. The van der Waals surface area contributed by atoms with E-state index < -0.39 is 4.92 Å². The molecule has 0 saturated carbocycles. The number of rotatable bonds is 2. The summed E-state index contributed by atoms with van der Waals surface area (Å²) in [5.74, 6) is 0.717. The van der Waals surface area contributed by atoms with Crippen LogP contribution in [-0.2, 0) is 0 Å². The monoisotopic (exact) mass is 245 g/mol. The van der Waals surface area contributed by atoms with E-state index in [4.69, 9.17) is 5.26 Å². The van der Waals surface area contributed by atoms with Crippen molar-refractivity contribution in [3.05, 3.63) is 33.9 Å². The molecular weight excluding hydrogens is 230 g/mol. The Morgan fingerprint density at radius 2 is 2.11 bits per heavy atom. The number of nitrogens with zero attached hydrogens (tertiary/aromatic N) is 3. The Morgan fingerprint density at radius 3 is 2.67 bits per heavy atom. The number of nitro benzene ring substituents is 1. The average molecular weight is 245 g/mol. The van der Waals surface area contributed by atoms with E-state index in [0.717, 1.165) is 37.5 Å². The molecule has 0 atom stereocenters. The zero-order chi connectivity index (χ0) is 13.1. The lowest BCUT2D eigenvalue weighted by Gasteiger charge is -2.32. The van der Waals surface area contributed by atoms with Gasteiger partial charge >= 0.3 is 0 Å². The number of nitro groups is 1. The van der Waals surface area contributed by atoms with E-state index >= 15 is 0 Å². The van der Waals surface area contributed by atoms with Crippen LogP contribution in [0.25, 0.3) is 0 Å². The van der Waals surface area contributed by atoms with Crippen molar-refractivity contribution < 1.29 is 4.92 Å². The van der Waals surface area contributed by atoms with Gasteiger partial charge in [-0.2, -0.15) is 5.26 Å². The fourth-order valence-corrected chi connectivity index (χ4v) is 2.23. The first-order valence-electron chi connectivity index (χ1n) is 6.05. The van der Waals surface area contributed by atoms with Gasteiger partial charge in [-0.05, 0) is 30.9 Å².